The van der Waals surface area contributed by atoms with Gasteiger partial charge in [0.1, 0.15) is 17.9 Å². The Morgan fingerprint density at radius 3 is 2.62 bits per heavy atom. The average molecular weight is 462 g/mol. The van der Waals surface area contributed by atoms with E-state index in [0.29, 0.717) is 37.3 Å². The van der Waals surface area contributed by atoms with Gasteiger partial charge in [0, 0.05) is 29.7 Å². The van der Waals surface area contributed by atoms with Crippen LogP contribution < -0.4 is 10.5 Å². The zero-order valence-electron chi connectivity index (χ0n) is 19.6. The number of fused-ring (bicyclic) bond motifs is 1. The predicted octanol–water partition coefficient (Wildman–Crippen LogP) is 4.09. The van der Waals surface area contributed by atoms with Crippen LogP contribution in [0.2, 0.25) is 0 Å². The van der Waals surface area contributed by atoms with Crippen molar-refractivity contribution in [3.8, 4) is 5.75 Å². The summed E-state index contributed by atoms with van der Waals surface area (Å²) in [7, 11) is 0. The Labute approximate surface area is 199 Å². The van der Waals surface area contributed by atoms with Gasteiger partial charge in [0.05, 0.1) is 11.9 Å². The molecule has 1 aliphatic rings. The van der Waals surface area contributed by atoms with Crippen LogP contribution in [0.1, 0.15) is 44.2 Å². The molecule has 3 aromatic rings. The van der Waals surface area contributed by atoms with Crippen LogP contribution in [0.4, 0.5) is 0 Å². The Kier molecular flexibility index (Phi) is 6.84. The first-order valence-corrected chi connectivity index (χ1v) is 11.7. The van der Waals surface area contributed by atoms with E-state index in [2.05, 4.69) is 4.98 Å². The van der Waals surface area contributed by atoms with Gasteiger partial charge in [0.2, 0.25) is 5.91 Å². The largest absolute Gasteiger partial charge is 0.489 e. The minimum Gasteiger partial charge on any atom is -0.489 e. The molecule has 0 aliphatic carbocycles. The number of hydrogen-bond donors (Lipinski definition) is 2. The number of carbonyl (C=O) groups excluding carboxylic acids is 1. The molecular weight excluding hydrogens is 430 g/mol. The highest BCUT2D eigenvalue weighted by molar-refractivity contribution is 5.90. The van der Waals surface area contributed by atoms with Gasteiger partial charge in [-0.25, -0.2) is 0 Å². The topological polar surface area (TPSA) is 106 Å². The van der Waals surface area contributed by atoms with Gasteiger partial charge in [-0.3, -0.25) is 14.6 Å². The number of hydrogen-bond acceptors (Lipinski definition) is 5. The smallest absolute Gasteiger partial charge is 0.305 e. The van der Waals surface area contributed by atoms with E-state index in [1.165, 1.54) is 0 Å². The average Bonchev–Trinajstić information content (AvgIpc) is 3.12. The SMILES string of the molecule is CC(C)CC(CC(=O)O)N1CCC(N)(c2ccc(OCc3ccnc4ccccc34)cc2)C1=O. The van der Waals surface area contributed by atoms with E-state index in [0.717, 1.165) is 16.5 Å². The summed E-state index contributed by atoms with van der Waals surface area (Å²) in [4.78, 5) is 30.7. The number of nitrogens with zero attached hydrogens (tertiary/aromatic N) is 2. The zero-order valence-corrected chi connectivity index (χ0v) is 19.6. The Bertz CT molecular complexity index is 1170. The van der Waals surface area contributed by atoms with Gasteiger partial charge in [-0.05, 0) is 48.6 Å². The number of carboxylic acid groups (broad SMARTS) is 1. The second-order valence-corrected chi connectivity index (χ2v) is 9.40. The maximum atomic E-state index is 13.3. The number of nitrogens with two attached hydrogens (primary N) is 1. The van der Waals surface area contributed by atoms with Crippen molar-refractivity contribution in [2.24, 2.45) is 11.7 Å². The molecule has 2 aromatic carbocycles. The molecule has 1 saturated heterocycles. The second-order valence-electron chi connectivity index (χ2n) is 9.40. The molecule has 3 N–H and O–H groups in total. The first kappa shape index (κ1) is 23.7. The van der Waals surface area contributed by atoms with Gasteiger partial charge in [-0.15, -0.1) is 0 Å². The third kappa shape index (κ3) is 4.89. The summed E-state index contributed by atoms with van der Waals surface area (Å²) in [6.45, 7) is 4.90. The minimum absolute atomic E-state index is 0.0730. The van der Waals surface area contributed by atoms with Crippen molar-refractivity contribution in [3.63, 3.8) is 0 Å². The number of aromatic nitrogens is 1. The second kappa shape index (κ2) is 9.81. The van der Waals surface area contributed by atoms with Crippen molar-refractivity contribution in [2.45, 2.75) is 51.3 Å². The van der Waals surface area contributed by atoms with Gasteiger partial charge in [0.15, 0.2) is 0 Å². The van der Waals surface area contributed by atoms with E-state index in [1.807, 2.05) is 68.4 Å². The number of benzene rings is 2. The highest BCUT2D eigenvalue weighted by atomic mass is 16.5. The van der Waals surface area contributed by atoms with Crippen LogP contribution >= 0.6 is 0 Å². The van der Waals surface area contributed by atoms with Crippen LogP contribution in [0, 0.1) is 5.92 Å². The van der Waals surface area contributed by atoms with E-state index in [9.17, 15) is 14.7 Å². The molecule has 1 fully saturated rings. The highest BCUT2D eigenvalue weighted by Gasteiger charge is 2.47. The van der Waals surface area contributed by atoms with Crippen molar-refractivity contribution in [2.75, 3.05) is 6.54 Å². The standard InChI is InChI=1S/C27H31N3O4/c1-18(2)15-21(16-25(31)32)30-14-12-27(28,26(30)33)20-7-9-22(10-8-20)34-17-19-11-13-29-24-6-4-3-5-23(19)24/h3-11,13,18,21H,12,14-17,28H2,1-2H3,(H,31,32). The molecule has 1 aromatic heterocycles. The van der Waals surface area contributed by atoms with Crippen LogP contribution in [0.3, 0.4) is 0 Å². The van der Waals surface area contributed by atoms with Gasteiger partial charge >= 0.3 is 5.97 Å². The lowest BCUT2D eigenvalue weighted by Crippen LogP contribution is -2.48. The Morgan fingerprint density at radius 1 is 1.18 bits per heavy atom. The molecule has 34 heavy (non-hydrogen) atoms. The molecule has 0 radical (unpaired) electrons. The fourth-order valence-electron chi connectivity index (χ4n) is 4.73. The number of pyridine rings is 1. The van der Waals surface area contributed by atoms with Crippen LogP contribution in [-0.4, -0.2) is 39.5 Å². The van der Waals surface area contributed by atoms with Gasteiger partial charge in [-0.2, -0.15) is 0 Å². The summed E-state index contributed by atoms with van der Waals surface area (Å²) in [5.74, 6) is -0.161. The van der Waals surface area contributed by atoms with Crippen molar-refractivity contribution in [1.29, 1.82) is 0 Å². The fourth-order valence-corrected chi connectivity index (χ4v) is 4.73. The normalized spacial score (nSPS) is 19.1. The maximum absolute atomic E-state index is 13.3. The van der Waals surface area contributed by atoms with E-state index < -0.39 is 11.5 Å². The number of likely N-dealkylation sites (tertiary alicyclic amines) is 1. The first-order valence-electron chi connectivity index (χ1n) is 11.7. The summed E-state index contributed by atoms with van der Waals surface area (Å²) in [6.07, 6.45) is 2.78. The zero-order chi connectivity index (χ0) is 24.3. The molecule has 0 spiro atoms. The predicted molar refractivity (Wildman–Crippen MR) is 130 cm³/mol. The number of carboxylic acids is 1. The maximum Gasteiger partial charge on any atom is 0.305 e. The van der Waals surface area contributed by atoms with Gasteiger partial charge in [0.25, 0.3) is 0 Å². The molecule has 4 rings (SSSR count). The number of carbonyl (C=O) groups is 2. The Morgan fingerprint density at radius 2 is 1.91 bits per heavy atom. The molecule has 7 nitrogen and oxygen atoms in total. The molecule has 2 atom stereocenters. The molecule has 2 heterocycles. The van der Waals surface area contributed by atoms with Gasteiger partial charge < -0.3 is 20.5 Å². The monoisotopic (exact) mass is 461 g/mol. The Balaban J connectivity index is 1.46. The molecule has 7 heteroatoms. The quantitative estimate of drug-likeness (QED) is 0.497. The third-order valence-electron chi connectivity index (χ3n) is 6.49. The molecule has 1 amide bonds. The van der Waals surface area contributed by atoms with E-state index in [4.69, 9.17) is 10.5 Å². The molecule has 1 aliphatic heterocycles. The van der Waals surface area contributed by atoms with Crippen LogP contribution in [0.5, 0.6) is 5.75 Å². The number of para-hydroxylation sites is 1. The van der Waals surface area contributed by atoms with E-state index in [-0.39, 0.29) is 24.3 Å². The third-order valence-corrected chi connectivity index (χ3v) is 6.49. The highest BCUT2D eigenvalue weighted by Crippen LogP contribution is 2.35. The van der Waals surface area contributed by atoms with Crippen LogP contribution in [0.15, 0.2) is 60.8 Å². The van der Waals surface area contributed by atoms with Crippen molar-refractivity contribution >= 4 is 22.8 Å². The van der Waals surface area contributed by atoms with Crippen molar-refractivity contribution in [3.05, 3.63) is 71.9 Å². The lowest BCUT2D eigenvalue weighted by molar-refractivity contribution is -0.141. The van der Waals surface area contributed by atoms with Gasteiger partial charge in [-0.1, -0.05) is 44.2 Å². The number of ether oxygens (including phenoxy) is 1. The molecule has 0 saturated carbocycles. The summed E-state index contributed by atoms with van der Waals surface area (Å²) < 4.78 is 6.00. The van der Waals surface area contributed by atoms with Crippen LogP contribution in [-0.2, 0) is 21.7 Å². The molecular formula is C27H31N3O4. The van der Waals surface area contributed by atoms with E-state index >= 15 is 0 Å². The minimum atomic E-state index is -1.16. The first-order chi connectivity index (χ1) is 16.3. The summed E-state index contributed by atoms with van der Waals surface area (Å²) in [5.41, 5.74) is 8.12. The summed E-state index contributed by atoms with van der Waals surface area (Å²) >= 11 is 0. The number of amides is 1. The lowest BCUT2D eigenvalue weighted by Gasteiger charge is -2.30. The summed E-state index contributed by atoms with van der Waals surface area (Å²) in [6, 6.07) is 16.8. The lowest BCUT2D eigenvalue weighted by atomic mass is 9.89. The number of aliphatic carboxylic acids is 1. The Hall–Kier alpha value is -3.45. The summed E-state index contributed by atoms with van der Waals surface area (Å²) in [5, 5.41) is 10.4. The van der Waals surface area contributed by atoms with E-state index in [1.54, 1.807) is 11.1 Å². The van der Waals surface area contributed by atoms with Crippen LogP contribution in [0.25, 0.3) is 10.9 Å². The van der Waals surface area contributed by atoms with Crippen molar-refractivity contribution < 1.29 is 19.4 Å². The molecule has 0 bridgehead atoms. The van der Waals surface area contributed by atoms with Crippen molar-refractivity contribution in [1.82, 2.24) is 9.88 Å². The number of rotatable bonds is 9. The molecule has 2 unspecified atom stereocenters. The fraction of sp³-hybridized carbons (Fsp3) is 0.370. The molecule has 178 valence electrons.